The molecule has 1 aliphatic carbocycles. The maximum atomic E-state index is 12.5. The minimum absolute atomic E-state index is 0.0508. The van der Waals surface area contributed by atoms with Crippen LogP contribution in [0.4, 0.5) is 4.79 Å². The lowest BCUT2D eigenvalue weighted by Gasteiger charge is -2.33. The Morgan fingerprint density at radius 1 is 1.00 bits per heavy atom. The number of nitrogens with one attached hydrogen (secondary N) is 2. The molecule has 1 aromatic rings. The van der Waals surface area contributed by atoms with Crippen molar-refractivity contribution in [2.75, 3.05) is 27.3 Å². The SMILES string of the molecule is COc1ccc(CNC(=O)CC2CCN(C(=O)NC3CCCCC3)CC2)cc1OC. The number of nitrogens with zero attached hydrogens (tertiary/aromatic N) is 1. The molecule has 0 atom stereocenters. The third-order valence-corrected chi connectivity index (χ3v) is 6.25. The predicted octanol–water partition coefficient (Wildman–Crippen LogP) is 3.46. The normalized spacial score (nSPS) is 18.0. The number of hydrogen-bond acceptors (Lipinski definition) is 4. The first kappa shape index (κ1) is 22.2. The maximum Gasteiger partial charge on any atom is 0.317 e. The molecule has 0 aromatic heterocycles. The van der Waals surface area contributed by atoms with Crippen LogP contribution in [0.25, 0.3) is 0 Å². The van der Waals surface area contributed by atoms with Gasteiger partial charge in [-0.1, -0.05) is 25.3 Å². The van der Waals surface area contributed by atoms with Gasteiger partial charge in [-0.15, -0.1) is 0 Å². The Bertz CT molecular complexity index is 710. The fraction of sp³-hybridized carbons (Fsp3) is 0.652. The number of likely N-dealkylation sites (tertiary alicyclic amines) is 1. The number of methoxy groups -OCH3 is 2. The summed E-state index contributed by atoms with van der Waals surface area (Å²) >= 11 is 0. The van der Waals surface area contributed by atoms with Crippen LogP contribution in [0, 0.1) is 5.92 Å². The van der Waals surface area contributed by atoms with Crippen molar-refractivity contribution in [1.82, 2.24) is 15.5 Å². The molecule has 1 heterocycles. The van der Waals surface area contributed by atoms with Crippen molar-refractivity contribution in [3.05, 3.63) is 23.8 Å². The number of benzene rings is 1. The molecule has 0 unspecified atom stereocenters. The topological polar surface area (TPSA) is 79.9 Å². The predicted molar refractivity (Wildman–Crippen MR) is 116 cm³/mol. The Kier molecular flexibility index (Phi) is 8.22. The first-order valence-electron chi connectivity index (χ1n) is 11.1. The van der Waals surface area contributed by atoms with Gasteiger partial charge in [0.2, 0.25) is 5.91 Å². The molecule has 0 bridgehead atoms. The number of hydrogen-bond donors (Lipinski definition) is 2. The lowest BCUT2D eigenvalue weighted by atomic mass is 9.93. The molecule has 2 fully saturated rings. The van der Waals surface area contributed by atoms with Crippen LogP contribution >= 0.6 is 0 Å². The zero-order valence-electron chi connectivity index (χ0n) is 18.2. The van der Waals surface area contributed by atoms with Crippen molar-refractivity contribution in [1.29, 1.82) is 0 Å². The molecule has 30 heavy (non-hydrogen) atoms. The zero-order valence-corrected chi connectivity index (χ0v) is 18.2. The fourth-order valence-corrected chi connectivity index (χ4v) is 4.38. The van der Waals surface area contributed by atoms with Gasteiger partial charge in [0.15, 0.2) is 11.5 Å². The molecule has 166 valence electrons. The van der Waals surface area contributed by atoms with E-state index in [1.165, 1.54) is 19.3 Å². The number of amides is 3. The van der Waals surface area contributed by atoms with Gasteiger partial charge in [-0.25, -0.2) is 4.79 Å². The average Bonchev–Trinajstić information content (AvgIpc) is 2.78. The summed E-state index contributed by atoms with van der Waals surface area (Å²) in [5.74, 6) is 1.71. The van der Waals surface area contributed by atoms with Gasteiger partial charge < -0.3 is 25.0 Å². The van der Waals surface area contributed by atoms with E-state index >= 15 is 0 Å². The summed E-state index contributed by atoms with van der Waals surface area (Å²) in [6.07, 6.45) is 8.17. The summed E-state index contributed by atoms with van der Waals surface area (Å²) in [6.45, 7) is 1.92. The summed E-state index contributed by atoms with van der Waals surface area (Å²) in [5.41, 5.74) is 0.968. The molecule has 2 N–H and O–H groups in total. The summed E-state index contributed by atoms with van der Waals surface area (Å²) < 4.78 is 10.5. The highest BCUT2D eigenvalue weighted by molar-refractivity contribution is 5.76. The number of carbonyl (C=O) groups excluding carboxylic acids is 2. The van der Waals surface area contributed by atoms with E-state index in [4.69, 9.17) is 9.47 Å². The van der Waals surface area contributed by atoms with Gasteiger partial charge in [0.25, 0.3) is 0 Å². The minimum Gasteiger partial charge on any atom is -0.493 e. The van der Waals surface area contributed by atoms with Gasteiger partial charge in [-0.3, -0.25) is 4.79 Å². The molecule has 1 aliphatic heterocycles. The first-order chi connectivity index (χ1) is 14.6. The second kappa shape index (κ2) is 11.1. The third-order valence-electron chi connectivity index (χ3n) is 6.25. The van der Waals surface area contributed by atoms with Crippen LogP contribution in [-0.2, 0) is 11.3 Å². The van der Waals surface area contributed by atoms with E-state index in [1.54, 1.807) is 14.2 Å². The van der Waals surface area contributed by atoms with E-state index in [-0.39, 0.29) is 11.9 Å². The average molecular weight is 418 g/mol. The lowest BCUT2D eigenvalue weighted by Crippen LogP contribution is -2.48. The van der Waals surface area contributed by atoms with E-state index in [0.29, 0.717) is 36.4 Å². The van der Waals surface area contributed by atoms with E-state index in [2.05, 4.69) is 10.6 Å². The van der Waals surface area contributed by atoms with E-state index < -0.39 is 0 Å². The number of carbonyl (C=O) groups is 2. The largest absolute Gasteiger partial charge is 0.493 e. The monoisotopic (exact) mass is 417 g/mol. The van der Waals surface area contributed by atoms with E-state index in [0.717, 1.165) is 44.3 Å². The van der Waals surface area contributed by atoms with Gasteiger partial charge in [0.1, 0.15) is 0 Å². The van der Waals surface area contributed by atoms with Crippen molar-refractivity contribution in [2.45, 2.75) is 64.0 Å². The molecule has 1 aromatic carbocycles. The van der Waals surface area contributed by atoms with Gasteiger partial charge in [0, 0.05) is 32.1 Å². The highest BCUT2D eigenvalue weighted by atomic mass is 16.5. The number of ether oxygens (including phenoxy) is 2. The Balaban J connectivity index is 1.37. The van der Waals surface area contributed by atoms with Gasteiger partial charge in [0.05, 0.1) is 14.2 Å². The molecule has 0 radical (unpaired) electrons. The van der Waals surface area contributed by atoms with Crippen molar-refractivity contribution in [3.8, 4) is 11.5 Å². The molecular formula is C23H35N3O4. The molecule has 0 spiro atoms. The van der Waals surface area contributed by atoms with Crippen LogP contribution in [0.1, 0.15) is 56.9 Å². The number of urea groups is 1. The van der Waals surface area contributed by atoms with Gasteiger partial charge in [-0.2, -0.15) is 0 Å². The molecule has 7 heteroatoms. The van der Waals surface area contributed by atoms with Crippen molar-refractivity contribution >= 4 is 11.9 Å². The van der Waals surface area contributed by atoms with Gasteiger partial charge in [-0.05, 0) is 49.3 Å². The Morgan fingerprint density at radius 2 is 1.70 bits per heavy atom. The maximum absolute atomic E-state index is 12.5. The standard InChI is InChI=1S/C23H35N3O4/c1-29-20-9-8-18(14-21(20)30-2)16-24-22(27)15-17-10-12-26(13-11-17)23(28)25-19-6-4-3-5-7-19/h8-9,14,17,19H,3-7,10-13,15-16H2,1-2H3,(H,24,27)(H,25,28). The molecule has 3 amide bonds. The highest BCUT2D eigenvalue weighted by Crippen LogP contribution is 2.27. The summed E-state index contributed by atoms with van der Waals surface area (Å²) in [7, 11) is 3.20. The van der Waals surface area contributed by atoms with Crippen molar-refractivity contribution in [3.63, 3.8) is 0 Å². The summed E-state index contributed by atoms with van der Waals surface area (Å²) in [5, 5.41) is 6.18. The minimum atomic E-state index is 0.0508. The fourth-order valence-electron chi connectivity index (χ4n) is 4.38. The van der Waals surface area contributed by atoms with Crippen LogP contribution in [0.2, 0.25) is 0 Å². The Morgan fingerprint density at radius 3 is 2.37 bits per heavy atom. The molecule has 7 nitrogen and oxygen atoms in total. The number of rotatable bonds is 7. The van der Waals surface area contributed by atoms with E-state index in [1.807, 2.05) is 23.1 Å². The van der Waals surface area contributed by atoms with Crippen molar-refractivity contribution in [2.24, 2.45) is 5.92 Å². The smallest absolute Gasteiger partial charge is 0.317 e. The van der Waals surface area contributed by atoms with Crippen molar-refractivity contribution < 1.29 is 19.1 Å². The molecule has 2 aliphatic rings. The van der Waals surface area contributed by atoms with E-state index in [9.17, 15) is 9.59 Å². The Labute approximate surface area is 179 Å². The van der Waals surface area contributed by atoms with Gasteiger partial charge >= 0.3 is 6.03 Å². The summed E-state index contributed by atoms with van der Waals surface area (Å²) in [6, 6.07) is 6.05. The van der Waals surface area contributed by atoms with Crippen LogP contribution in [0.3, 0.4) is 0 Å². The molecule has 1 saturated carbocycles. The van der Waals surface area contributed by atoms with Crippen LogP contribution in [-0.4, -0.2) is 50.2 Å². The highest BCUT2D eigenvalue weighted by Gasteiger charge is 2.26. The van der Waals surface area contributed by atoms with Crippen LogP contribution < -0.4 is 20.1 Å². The first-order valence-corrected chi connectivity index (χ1v) is 11.1. The third kappa shape index (κ3) is 6.28. The quantitative estimate of drug-likeness (QED) is 0.712. The van der Waals surface area contributed by atoms with Crippen LogP contribution in [0.15, 0.2) is 18.2 Å². The van der Waals surface area contributed by atoms with Crippen LogP contribution in [0.5, 0.6) is 11.5 Å². The zero-order chi connectivity index (χ0) is 21.3. The second-order valence-electron chi connectivity index (χ2n) is 8.39. The summed E-state index contributed by atoms with van der Waals surface area (Å²) in [4.78, 5) is 26.8. The lowest BCUT2D eigenvalue weighted by molar-refractivity contribution is -0.122. The molecular weight excluding hydrogens is 382 g/mol. The second-order valence-corrected chi connectivity index (χ2v) is 8.39. The molecule has 1 saturated heterocycles. The number of piperidine rings is 1. The molecule has 3 rings (SSSR count). The Hall–Kier alpha value is -2.44.